The molecule has 0 spiro atoms. The fraction of sp³-hybridized carbons (Fsp3) is 0.909. The highest BCUT2D eigenvalue weighted by Crippen LogP contribution is 1.92. The van der Waals surface area contributed by atoms with Gasteiger partial charge in [0.2, 0.25) is 5.91 Å². The molecule has 0 atom stereocenters. The molecule has 0 aromatic rings. The molecular formula is C11H24N2O2. The van der Waals surface area contributed by atoms with Crippen LogP contribution < -0.4 is 10.6 Å². The molecule has 0 heterocycles. The van der Waals surface area contributed by atoms with Gasteiger partial charge in [-0.15, -0.1) is 0 Å². The van der Waals surface area contributed by atoms with Gasteiger partial charge >= 0.3 is 0 Å². The second-order valence-corrected chi connectivity index (χ2v) is 4.06. The number of nitrogens with one attached hydrogen (secondary N) is 2. The summed E-state index contributed by atoms with van der Waals surface area (Å²) in [5, 5.41) is 5.96. The lowest BCUT2D eigenvalue weighted by Gasteiger charge is -2.07. The van der Waals surface area contributed by atoms with E-state index in [-0.39, 0.29) is 5.91 Å². The maximum absolute atomic E-state index is 10.5. The zero-order valence-electron chi connectivity index (χ0n) is 10.1. The highest BCUT2D eigenvalue weighted by Gasteiger charge is 1.94. The Morgan fingerprint density at radius 2 is 2.00 bits per heavy atom. The molecule has 15 heavy (non-hydrogen) atoms. The van der Waals surface area contributed by atoms with E-state index in [0.29, 0.717) is 12.5 Å². The third-order valence-corrected chi connectivity index (χ3v) is 1.77. The SMILES string of the molecule is CC(=O)NCCNCCCOCC(C)C. The highest BCUT2D eigenvalue weighted by atomic mass is 16.5. The van der Waals surface area contributed by atoms with Gasteiger partial charge in [0.15, 0.2) is 0 Å². The van der Waals surface area contributed by atoms with Gasteiger partial charge in [0, 0.05) is 33.2 Å². The molecule has 0 bridgehead atoms. The molecule has 4 nitrogen and oxygen atoms in total. The van der Waals surface area contributed by atoms with E-state index >= 15 is 0 Å². The molecule has 0 unspecified atom stereocenters. The lowest BCUT2D eigenvalue weighted by atomic mass is 10.2. The van der Waals surface area contributed by atoms with Crippen molar-refractivity contribution >= 4 is 5.91 Å². The van der Waals surface area contributed by atoms with Crippen LogP contribution in [-0.4, -0.2) is 38.8 Å². The molecule has 2 N–H and O–H groups in total. The number of amides is 1. The van der Waals surface area contributed by atoms with Crippen molar-refractivity contribution < 1.29 is 9.53 Å². The van der Waals surface area contributed by atoms with Crippen LogP contribution in [0.15, 0.2) is 0 Å². The average Bonchev–Trinajstić information content (AvgIpc) is 2.14. The van der Waals surface area contributed by atoms with E-state index in [9.17, 15) is 4.79 Å². The van der Waals surface area contributed by atoms with Crippen LogP contribution in [0.4, 0.5) is 0 Å². The lowest BCUT2D eigenvalue weighted by molar-refractivity contribution is -0.118. The Kier molecular flexibility index (Phi) is 9.52. The highest BCUT2D eigenvalue weighted by molar-refractivity contribution is 5.72. The van der Waals surface area contributed by atoms with Crippen molar-refractivity contribution in [2.45, 2.75) is 27.2 Å². The van der Waals surface area contributed by atoms with Gasteiger partial charge in [0.05, 0.1) is 0 Å². The summed E-state index contributed by atoms with van der Waals surface area (Å²) in [6.45, 7) is 9.93. The van der Waals surface area contributed by atoms with Crippen molar-refractivity contribution in [3.05, 3.63) is 0 Å². The van der Waals surface area contributed by atoms with Crippen molar-refractivity contribution in [3.63, 3.8) is 0 Å². The van der Waals surface area contributed by atoms with Crippen LogP contribution in [0.5, 0.6) is 0 Å². The molecular weight excluding hydrogens is 192 g/mol. The Morgan fingerprint density at radius 3 is 2.60 bits per heavy atom. The second-order valence-electron chi connectivity index (χ2n) is 4.06. The molecule has 0 saturated heterocycles. The van der Waals surface area contributed by atoms with Crippen molar-refractivity contribution in [2.75, 3.05) is 32.8 Å². The van der Waals surface area contributed by atoms with Crippen LogP contribution in [0.1, 0.15) is 27.2 Å². The van der Waals surface area contributed by atoms with Gasteiger partial charge in [-0.1, -0.05) is 13.8 Å². The summed E-state index contributed by atoms with van der Waals surface area (Å²) < 4.78 is 5.43. The molecule has 0 aliphatic heterocycles. The number of hydrogen-bond donors (Lipinski definition) is 2. The van der Waals surface area contributed by atoms with Crippen LogP contribution in [-0.2, 0) is 9.53 Å². The summed E-state index contributed by atoms with van der Waals surface area (Å²) in [7, 11) is 0. The van der Waals surface area contributed by atoms with Crippen LogP contribution >= 0.6 is 0 Å². The number of carbonyl (C=O) groups excluding carboxylic acids is 1. The Bertz CT molecular complexity index is 161. The maximum atomic E-state index is 10.5. The molecule has 0 radical (unpaired) electrons. The van der Waals surface area contributed by atoms with Crippen LogP contribution in [0.3, 0.4) is 0 Å². The van der Waals surface area contributed by atoms with Crippen LogP contribution in [0, 0.1) is 5.92 Å². The summed E-state index contributed by atoms with van der Waals surface area (Å²) in [6.07, 6.45) is 1.02. The van der Waals surface area contributed by atoms with Gasteiger partial charge in [-0.3, -0.25) is 4.79 Å². The maximum Gasteiger partial charge on any atom is 0.216 e. The van der Waals surface area contributed by atoms with Crippen LogP contribution in [0.2, 0.25) is 0 Å². The quantitative estimate of drug-likeness (QED) is 0.560. The van der Waals surface area contributed by atoms with Crippen molar-refractivity contribution in [3.8, 4) is 0 Å². The minimum Gasteiger partial charge on any atom is -0.381 e. The number of ether oxygens (including phenoxy) is 1. The van der Waals surface area contributed by atoms with Gasteiger partial charge in [0.1, 0.15) is 0 Å². The van der Waals surface area contributed by atoms with Gasteiger partial charge in [-0.05, 0) is 18.9 Å². The molecule has 0 aromatic carbocycles. The number of rotatable bonds is 9. The Morgan fingerprint density at radius 1 is 1.27 bits per heavy atom. The molecule has 0 aliphatic rings. The first kappa shape index (κ1) is 14.4. The van der Waals surface area contributed by atoms with E-state index in [1.807, 2.05) is 0 Å². The largest absolute Gasteiger partial charge is 0.381 e. The van der Waals surface area contributed by atoms with Gasteiger partial charge < -0.3 is 15.4 Å². The number of hydrogen-bond acceptors (Lipinski definition) is 3. The smallest absolute Gasteiger partial charge is 0.216 e. The lowest BCUT2D eigenvalue weighted by Crippen LogP contribution is -2.30. The van der Waals surface area contributed by atoms with Gasteiger partial charge in [0.25, 0.3) is 0 Å². The minimum atomic E-state index is 0.0251. The van der Waals surface area contributed by atoms with Crippen LogP contribution in [0.25, 0.3) is 0 Å². The van der Waals surface area contributed by atoms with E-state index in [4.69, 9.17) is 4.74 Å². The van der Waals surface area contributed by atoms with Crippen molar-refractivity contribution in [1.29, 1.82) is 0 Å². The van der Waals surface area contributed by atoms with E-state index in [1.165, 1.54) is 6.92 Å². The first-order chi connectivity index (χ1) is 7.13. The van der Waals surface area contributed by atoms with Crippen molar-refractivity contribution in [2.24, 2.45) is 5.92 Å². The molecule has 1 amide bonds. The molecule has 0 aliphatic carbocycles. The molecule has 4 heteroatoms. The predicted molar refractivity (Wildman–Crippen MR) is 61.8 cm³/mol. The van der Waals surface area contributed by atoms with Gasteiger partial charge in [-0.2, -0.15) is 0 Å². The molecule has 90 valence electrons. The zero-order chi connectivity index (χ0) is 11.5. The first-order valence-electron chi connectivity index (χ1n) is 5.66. The average molecular weight is 216 g/mol. The summed E-state index contributed by atoms with van der Waals surface area (Å²) in [5.74, 6) is 0.634. The first-order valence-corrected chi connectivity index (χ1v) is 5.66. The fourth-order valence-electron chi connectivity index (χ4n) is 1.07. The second kappa shape index (κ2) is 9.93. The Balaban J connectivity index is 2.96. The topological polar surface area (TPSA) is 50.4 Å². The molecule has 0 fully saturated rings. The third-order valence-electron chi connectivity index (χ3n) is 1.77. The third kappa shape index (κ3) is 13.4. The predicted octanol–water partition coefficient (Wildman–Crippen LogP) is 0.775. The van der Waals surface area contributed by atoms with Gasteiger partial charge in [-0.25, -0.2) is 0 Å². The normalized spacial score (nSPS) is 10.7. The zero-order valence-corrected chi connectivity index (χ0v) is 10.1. The minimum absolute atomic E-state index is 0.0251. The Hall–Kier alpha value is -0.610. The number of carbonyl (C=O) groups is 1. The van der Waals surface area contributed by atoms with E-state index in [1.54, 1.807) is 0 Å². The monoisotopic (exact) mass is 216 g/mol. The molecule has 0 aromatic heterocycles. The standard InChI is InChI=1S/C11H24N2O2/c1-10(2)9-15-8-4-5-12-6-7-13-11(3)14/h10,12H,4-9H2,1-3H3,(H,13,14). The van der Waals surface area contributed by atoms with E-state index in [2.05, 4.69) is 24.5 Å². The Labute approximate surface area is 92.8 Å². The summed E-state index contributed by atoms with van der Waals surface area (Å²) in [4.78, 5) is 10.5. The summed E-state index contributed by atoms with van der Waals surface area (Å²) in [6, 6.07) is 0. The summed E-state index contributed by atoms with van der Waals surface area (Å²) >= 11 is 0. The van der Waals surface area contributed by atoms with E-state index in [0.717, 1.165) is 32.7 Å². The molecule has 0 rings (SSSR count). The molecule has 0 saturated carbocycles. The fourth-order valence-corrected chi connectivity index (χ4v) is 1.07. The van der Waals surface area contributed by atoms with E-state index < -0.39 is 0 Å². The summed E-state index contributed by atoms with van der Waals surface area (Å²) in [5.41, 5.74) is 0. The van der Waals surface area contributed by atoms with Crippen molar-refractivity contribution in [1.82, 2.24) is 10.6 Å².